The van der Waals surface area contributed by atoms with Gasteiger partial charge in [-0.25, -0.2) is 29.5 Å². The molecule has 14 aromatic rings. The van der Waals surface area contributed by atoms with E-state index in [2.05, 4.69) is 106 Å². The van der Waals surface area contributed by atoms with Crippen LogP contribution in [-0.4, -0.2) is 172 Å². The van der Waals surface area contributed by atoms with Crippen molar-refractivity contribution in [2.45, 2.75) is 243 Å². The molecule has 6 fully saturated rings. The van der Waals surface area contributed by atoms with Gasteiger partial charge in [-0.3, -0.25) is 59.4 Å². The Morgan fingerprint density at radius 2 is 0.900 bits per heavy atom. The molecule has 4 atom stereocenters. The summed E-state index contributed by atoms with van der Waals surface area (Å²) in [7, 11) is 3.89. The molecule has 6 aromatic heterocycles. The molecule has 776 valence electrons. The Hall–Kier alpha value is -13.9. The number of carboxylic acids is 1. The number of amides is 6. The number of rotatable bonds is 28. The summed E-state index contributed by atoms with van der Waals surface area (Å²) in [5, 5.41) is 34.2. The molecule has 2 aliphatic carbocycles. The zero-order chi connectivity index (χ0) is 104. The number of carbonyl (C=O) groups excluding carboxylic acids is 7. The molecule has 30 heteroatoms. The van der Waals surface area contributed by atoms with Crippen molar-refractivity contribution in [3.05, 3.63) is 260 Å². The van der Waals surface area contributed by atoms with Crippen LogP contribution in [0, 0.1) is 25.7 Å². The number of aryl methyl sites for hydroxylation is 2. The van der Waals surface area contributed by atoms with E-state index in [1.807, 2.05) is 185 Å². The Bertz CT molecular complexity index is 7420. The van der Waals surface area contributed by atoms with E-state index in [0.717, 1.165) is 213 Å². The topological polar surface area (TPSA) is 333 Å². The zero-order valence-corrected chi connectivity index (χ0v) is 88.2. The number of carboxylic acid groups (broad SMARTS) is 1. The molecule has 0 bridgehead atoms. The number of imide groups is 2. The molecule has 4 saturated heterocycles. The van der Waals surface area contributed by atoms with Gasteiger partial charge in [-0.1, -0.05) is 145 Å². The SMILES string of the molecule is Cc1c(OC2CCC(CCCCN3CCC[C@H](c4ccc5c(C6CCC(=O)NC6=O)nn(C)c5c4)C3)CC2)cccc1-c1ccc(N2CCc3cccc(C(=O)Nc4nc5ccccc5s4)c3C2)nc1C(=O)O.Cc1c(OC2CCC(CCCCN3CCC[C@H](c4ccc5c(C6CCC(=O)NC6=O)nn(C)c5c4)C3)CC2)cccc1-c1ccc(N2CCc3cccc(C(=O)Nc4nc5ccccc5s4)c3C2)nc1C(=O)OC(C)(C)C. The molecule has 6 amide bonds. The van der Waals surface area contributed by atoms with Crippen LogP contribution in [-0.2, 0) is 63.9 Å². The number of hydrogen-bond donors (Lipinski definition) is 5. The number of esters is 1. The molecule has 8 aromatic carbocycles. The molecule has 28 nitrogen and oxygen atoms in total. The first-order valence-electron chi connectivity index (χ1n) is 53.9. The summed E-state index contributed by atoms with van der Waals surface area (Å²) >= 11 is 2.89. The van der Waals surface area contributed by atoms with Crippen LogP contribution in [0.15, 0.2) is 182 Å². The number of aromatic nitrogens is 8. The van der Waals surface area contributed by atoms with Crippen molar-refractivity contribution in [1.29, 1.82) is 0 Å². The zero-order valence-electron chi connectivity index (χ0n) is 86.6. The first-order valence-corrected chi connectivity index (χ1v) is 55.5. The van der Waals surface area contributed by atoms with Gasteiger partial charge in [-0.15, -0.1) is 0 Å². The van der Waals surface area contributed by atoms with Gasteiger partial charge in [0.15, 0.2) is 21.7 Å². The third-order valence-corrected chi connectivity index (χ3v) is 34.1. The number of fused-ring (bicyclic) bond motifs is 6. The highest BCUT2D eigenvalue weighted by atomic mass is 32.1. The number of nitrogens with zero attached hydrogens (tertiary/aromatic N) is 12. The normalized spacial score (nSPS) is 20.4. The molecule has 22 rings (SSSR count). The van der Waals surface area contributed by atoms with Crippen LogP contribution >= 0.6 is 22.7 Å². The van der Waals surface area contributed by atoms with Gasteiger partial charge < -0.3 is 38.9 Å². The average Bonchev–Trinajstić information content (AvgIpc) is 1.57. The van der Waals surface area contributed by atoms with Gasteiger partial charge in [-0.2, -0.15) is 10.2 Å². The number of aromatic carboxylic acids is 1. The van der Waals surface area contributed by atoms with Gasteiger partial charge >= 0.3 is 11.9 Å². The van der Waals surface area contributed by atoms with Crippen molar-refractivity contribution >= 4 is 134 Å². The van der Waals surface area contributed by atoms with Crippen LogP contribution in [0.5, 0.6) is 11.5 Å². The lowest BCUT2D eigenvalue weighted by Gasteiger charge is -2.33. The highest BCUT2D eigenvalue weighted by Gasteiger charge is 2.38. The van der Waals surface area contributed by atoms with Crippen molar-refractivity contribution in [1.82, 2.24) is 59.9 Å². The number of likely N-dealkylation sites (tertiary alicyclic amines) is 2. The minimum absolute atomic E-state index is 0.0166. The van der Waals surface area contributed by atoms with Gasteiger partial charge in [0, 0.05) is 99.2 Å². The summed E-state index contributed by atoms with van der Waals surface area (Å²) in [5.41, 5.74) is 17.4. The number of nitrogens with one attached hydrogen (secondary N) is 4. The Morgan fingerprint density at radius 3 is 1.34 bits per heavy atom. The van der Waals surface area contributed by atoms with Gasteiger partial charge in [0.25, 0.3) is 11.8 Å². The molecule has 2 unspecified atom stereocenters. The molecule has 5 N–H and O–H groups in total. The Balaban J connectivity index is 0.000000175. The predicted octanol–water partition coefficient (Wildman–Crippen LogP) is 22.4. The number of thiazole rings is 2. The summed E-state index contributed by atoms with van der Waals surface area (Å²) in [5.74, 6) is 1.39. The lowest BCUT2D eigenvalue weighted by Crippen LogP contribution is -2.39. The van der Waals surface area contributed by atoms with E-state index in [9.17, 15) is 43.5 Å². The average molecular weight is 2050 g/mol. The standard InChI is InChI=1S/C62H70N8O6S.C58H62N8O6S/c1-38-44(45-27-29-54(64-57(45)60(74)76-62(2,3)4)70-34-31-40-14-10-17-46(49(40)37-70)58(72)66-61-63-50-18-6-7-20-53(50)77-61)16-11-19-52(38)75-43-24-21-39(22-25-43)13-8-9-32-69-33-12-15-42(36-69)41-23-26-47-51(35-41)68(5)67-56(47)48-28-30-55(71)65-59(48)73;1-35-41(42-24-26-51(60-54(42)57(70)71)66-31-28-37-11-7-14-43(46(37)34-66)55(68)62-58-59-47-15-3-4-17-50(47)73-58)13-8-16-49(35)72-40-21-18-36(19-22-40)10-5-6-29-65-30-9-12-39(33-65)38-20-23-44-48(32-38)64(2)63-53(44)45-25-27-52(67)61-56(45)69/h6-7,10-11,14,16-20,23,26-27,29,35,39,42-43,48H,8-9,12-13,15,21-22,24-25,28,30-34,36-37H2,1-5H3,(H,63,66,72)(H,65,71,73);3-4,7-8,11,13-17,20,23-24,26,32,36,39-40,45H,5-6,9-10,12,18-19,21-22,25,27-31,33-34H2,1-2H3,(H,70,71)(H,59,62,68)(H,61,67,69)/t39?,42-,43?,48?;36?,39-,40?,45?/m00/s1. The Kier molecular flexibility index (Phi) is 30.4. The van der Waals surface area contributed by atoms with E-state index in [4.69, 9.17) is 34.4 Å². The van der Waals surface area contributed by atoms with E-state index in [-0.39, 0.29) is 59.0 Å². The summed E-state index contributed by atoms with van der Waals surface area (Å²) in [4.78, 5) is 132. The molecule has 2 saturated carbocycles. The third kappa shape index (κ3) is 22.7. The van der Waals surface area contributed by atoms with E-state index >= 15 is 0 Å². The number of anilines is 4. The Morgan fingerprint density at radius 1 is 0.460 bits per heavy atom. The third-order valence-electron chi connectivity index (χ3n) is 32.2. The van der Waals surface area contributed by atoms with Crippen molar-refractivity contribution in [2.75, 3.05) is 72.8 Å². The van der Waals surface area contributed by atoms with Gasteiger partial charge in [0.2, 0.25) is 23.6 Å². The second-order valence-electron chi connectivity index (χ2n) is 43.3. The maximum Gasteiger partial charge on any atom is 0.358 e. The number of hydrogen-bond acceptors (Lipinski definition) is 23. The van der Waals surface area contributed by atoms with Crippen LogP contribution in [0.2, 0.25) is 0 Å². The highest BCUT2D eigenvalue weighted by molar-refractivity contribution is 7.22. The smallest absolute Gasteiger partial charge is 0.358 e. The van der Waals surface area contributed by atoms with Crippen LogP contribution < -0.4 is 40.5 Å². The van der Waals surface area contributed by atoms with Crippen LogP contribution in [0.1, 0.15) is 283 Å². The van der Waals surface area contributed by atoms with Crippen molar-refractivity contribution in [3.8, 4) is 33.8 Å². The molecular weight excluding hydrogens is 1920 g/mol. The minimum atomic E-state index is -1.10. The molecule has 0 spiro atoms. The fourth-order valence-electron chi connectivity index (χ4n) is 24.1. The van der Waals surface area contributed by atoms with Crippen LogP contribution in [0.25, 0.3) is 64.5 Å². The highest BCUT2D eigenvalue weighted by Crippen LogP contribution is 2.45. The largest absolute Gasteiger partial charge is 0.490 e. The minimum Gasteiger partial charge on any atom is -0.490 e. The van der Waals surface area contributed by atoms with Gasteiger partial charge in [0.1, 0.15) is 28.7 Å². The van der Waals surface area contributed by atoms with E-state index < -0.39 is 29.4 Å². The molecular formula is C120H132N16O12S2. The van der Waals surface area contributed by atoms with Crippen LogP contribution in [0.3, 0.4) is 0 Å². The maximum atomic E-state index is 14.1. The number of unbranched alkanes of at least 4 members (excludes halogenated alkanes) is 2. The van der Waals surface area contributed by atoms with E-state index in [0.29, 0.717) is 126 Å². The lowest BCUT2D eigenvalue weighted by molar-refractivity contribution is -0.135. The number of pyridine rings is 2. The molecule has 0 radical (unpaired) electrons. The van der Waals surface area contributed by atoms with Gasteiger partial charge in [0.05, 0.1) is 66.9 Å². The fourth-order valence-corrected chi connectivity index (χ4v) is 25.8. The molecule has 6 aliphatic heterocycles. The van der Waals surface area contributed by atoms with E-state index in [1.54, 1.807) is 0 Å². The molecule has 150 heavy (non-hydrogen) atoms. The van der Waals surface area contributed by atoms with Crippen LogP contribution in [0.4, 0.5) is 21.9 Å². The first kappa shape index (κ1) is 102. The quantitative estimate of drug-likeness (QED) is 0.0173. The summed E-state index contributed by atoms with van der Waals surface area (Å²) in [6.45, 7) is 18.5. The van der Waals surface area contributed by atoms with Crippen molar-refractivity contribution < 1.29 is 57.7 Å². The molecule has 8 aliphatic rings. The fraction of sp³-hybridized carbons (Fsp3) is 0.417. The van der Waals surface area contributed by atoms with Crippen molar-refractivity contribution in [3.63, 3.8) is 0 Å². The summed E-state index contributed by atoms with van der Waals surface area (Å²) < 4.78 is 25.3. The number of benzene rings is 8. The monoisotopic (exact) mass is 2050 g/mol. The molecule has 12 heterocycles. The lowest BCUT2D eigenvalue weighted by atomic mass is 9.84. The second kappa shape index (κ2) is 44.7. The Labute approximate surface area is 882 Å². The first-order chi connectivity index (χ1) is 72.7. The second-order valence-corrected chi connectivity index (χ2v) is 45.3. The van der Waals surface area contributed by atoms with Crippen molar-refractivity contribution in [2.24, 2.45) is 25.9 Å². The number of ether oxygens (including phenoxy) is 3. The number of para-hydroxylation sites is 2. The number of carbonyl (C=O) groups is 8. The van der Waals surface area contributed by atoms with Gasteiger partial charge in [-0.05, 0) is 341 Å². The van der Waals surface area contributed by atoms with E-state index in [1.165, 1.54) is 91.6 Å². The summed E-state index contributed by atoms with van der Waals surface area (Å²) in [6, 6.07) is 60.2. The number of piperidine rings is 4. The summed E-state index contributed by atoms with van der Waals surface area (Å²) in [6.07, 6.45) is 23.9. The maximum absolute atomic E-state index is 14.1. The predicted molar refractivity (Wildman–Crippen MR) is 587 cm³/mol.